The minimum atomic E-state index is -0.530. The summed E-state index contributed by atoms with van der Waals surface area (Å²) in [5, 5.41) is 4.60. The molecule has 0 fully saturated rings. The lowest BCUT2D eigenvalue weighted by atomic mass is 10.1. The van der Waals surface area contributed by atoms with E-state index in [0.29, 0.717) is 5.16 Å². The van der Waals surface area contributed by atoms with Crippen LogP contribution in [0.3, 0.4) is 0 Å². The third kappa shape index (κ3) is 4.79. The Hall–Kier alpha value is -2.41. The molecule has 2 aromatic rings. The highest BCUT2D eigenvalue weighted by Crippen LogP contribution is 2.24. The Morgan fingerprint density at radius 3 is 2.52 bits per heavy atom. The Morgan fingerprint density at radius 1 is 1.17 bits per heavy atom. The van der Waals surface area contributed by atoms with Gasteiger partial charge < -0.3 is 5.32 Å². The average molecular weight is 330 g/mol. The van der Waals surface area contributed by atoms with Crippen LogP contribution in [-0.4, -0.2) is 34.2 Å². The molecule has 0 aliphatic carbocycles. The van der Waals surface area contributed by atoms with Gasteiger partial charge in [-0.15, -0.1) is 0 Å². The fourth-order valence-corrected chi connectivity index (χ4v) is 2.67. The van der Waals surface area contributed by atoms with E-state index in [4.69, 9.17) is 0 Å². The monoisotopic (exact) mass is 330 g/mol. The molecule has 7 heteroatoms. The minimum Gasteiger partial charge on any atom is -0.341 e. The second-order valence-electron chi connectivity index (χ2n) is 4.87. The number of hydrogen-bond donors (Lipinski definition) is 2. The molecule has 1 atom stereocenters. The number of thioether (sulfide) groups is 1. The number of carbonyl (C=O) groups excluding carboxylic acids is 2. The molecule has 0 radical (unpaired) electrons. The van der Waals surface area contributed by atoms with Crippen LogP contribution in [0.15, 0.2) is 41.6 Å². The van der Waals surface area contributed by atoms with E-state index in [-0.39, 0.29) is 5.91 Å². The van der Waals surface area contributed by atoms with Gasteiger partial charge >= 0.3 is 6.03 Å². The number of rotatable bonds is 4. The van der Waals surface area contributed by atoms with E-state index < -0.39 is 11.3 Å². The first-order valence-electron chi connectivity index (χ1n) is 7.10. The molecule has 3 amide bonds. The van der Waals surface area contributed by atoms with Crippen molar-refractivity contribution in [2.75, 3.05) is 7.05 Å². The van der Waals surface area contributed by atoms with Crippen molar-refractivity contribution >= 4 is 23.7 Å². The highest BCUT2D eigenvalue weighted by Gasteiger charge is 2.18. The number of nitrogens with zero attached hydrogens (tertiary/aromatic N) is 2. The summed E-state index contributed by atoms with van der Waals surface area (Å²) in [6.07, 6.45) is 0. The molecule has 1 aromatic heterocycles. The topological polar surface area (TPSA) is 84.0 Å². The van der Waals surface area contributed by atoms with E-state index in [2.05, 4.69) is 20.6 Å². The van der Waals surface area contributed by atoms with Crippen LogP contribution in [0.25, 0.3) is 11.3 Å². The summed E-state index contributed by atoms with van der Waals surface area (Å²) in [4.78, 5) is 31.9. The van der Waals surface area contributed by atoms with Crippen molar-refractivity contribution in [3.8, 4) is 11.3 Å². The van der Waals surface area contributed by atoms with Crippen LogP contribution in [0, 0.1) is 6.92 Å². The largest absolute Gasteiger partial charge is 0.341 e. The van der Waals surface area contributed by atoms with Gasteiger partial charge in [-0.25, -0.2) is 14.8 Å². The van der Waals surface area contributed by atoms with E-state index in [1.54, 1.807) is 6.92 Å². The first-order valence-corrected chi connectivity index (χ1v) is 7.98. The zero-order chi connectivity index (χ0) is 16.8. The lowest BCUT2D eigenvalue weighted by Crippen LogP contribution is -2.41. The average Bonchev–Trinajstić information content (AvgIpc) is 2.54. The Bertz CT molecular complexity index is 706. The van der Waals surface area contributed by atoms with Gasteiger partial charge in [0.25, 0.3) is 0 Å². The van der Waals surface area contributed by atoms with Crippen LogP contribution < -0.4 is 10.6 Å². The van der Waals surface area contributed by atoms with E-state index >= 15 is 0 Å². The highest BCUT2D eigenvalue weighted by atomic mass is 32.2. The van der Waals surface area contributed by atoms with Crippen molar-refractivity contribution in [3.05, 3.63) is 42.1 Å². The Kier molecular flexibility index (Phi) is 5.70. The van der Waals surface area contributed by atoms with Crippen molar-refractivity contribution in [2.45, 2.75) is 24.3 Å². The molecule has 0 aliphatic rings. The maximum atomic E-state index is 11.9. The molecular weight excluding hydrogens is 312 g/mol. The number of aryl methyl sites for hydroxylation is 1. The molecule has 23 heavy (non-hydrogen) atoms. The van der Waals surface area contributed by atoms with Gasteiger partial charge in [0.15, 0.2) is 5.16 Å². The van der Waals surface area contributed by atoms with E-state index in [1.807, 2.05) is 43.3 Å². The summed E-state index contributed by atoms with van der Waals surface area (Å²) < 4.78 is 0. The molecule has 0 unspecified atom stereocenters. The molecule has 0 bridgehead atoms. The number of imide groups is 1. The number of amides is 3. The smallest absolute Gasteiger partial charge is 0.321 e. The molecular formula is C16H18N4O2S. The summed E-state index contributed by atoms with van der Waals surface area (Å²) >= 11 is 1.21. The fourth-order valence-electron chi connectivity index (χ4n) is 1.84. The highest BCUT2D eigenvalue weighted by molar-refractivity contribution is 8.00. The Balaban J connectivity index is 2.16. The summed E-state index contributed by atoms with van der Waals surface area (Å²) in [5.74, 6) is -0.388. The predicted molar refractivity (Wildman–Crippen MR) is 90.1 cm³/mol. The zero-order valence-corrected chi connectivity index (χ0v) is 14.0. The summed E-state index contributed by atoms with van der Waals surface area (Å²) in [6.45, 7) is 3.59. The van der Waals surface area contributed by atoms with Gasteiger partial charge in [0.05, 0.1) is 10.9 Å². The number of aromatic nitrogens is 2. The summed E-state index contributed by atoms with van der Waals surface area (Å²) in [7, 11) is 1.45. The van der Waals surface area contributed by atoms with Crippen LogP contribution in [0.1, 0.15) is 12.6 Å². The van der Waals surface area contributed by atoms with E-state index in [1.165, 1.54) is 18.8 Å². The van der Waals surface area contributed by atoms with E-state index in [0.717, 1.165) is 17.0 Å². The van der Waals surface area contributed by atoms with Gasteiger partial charge in [-0.2, -0.15) is 0 Å². The van der Waals surface area contributed by atoms with Crippen molar-refractivity contribution in [1.29, 1.82) is 0 Å². The van der Waals surface area contributed by atoms with Gasteiger partial charge in [-0.05, 0) is 19.9 Å². The van der Waals surface area contributed by atoms with Crippen LogP contribution in [0.2, 0.25) is 0 Å². The molecule has 2 rings (SSSR count). The standard InChI is InChI=1S/C16H18N4O2S/c1-10-9-13(12-7-5-4-6-8-12)19-16(18-10)23-11(2)14(21)20-15(22)17-3/h4-9,11H,1-3H3,(H2,17,20,21,22)/t11-/m0/s1. The number of nitrogens with one attached hydrogen (secondary N) is 2. The maximum Gasteiger partial charge on any atom is 0.321 e. The van der Waals surface area contributed by atoms with Crippen LogP contribution in [-0.2, 0) is 4.79 Å². The van der Waals surface area contributed by atoms with Crippen molar-refractivity contribution < 1.29 is 9.59 Å². The van der Waals surface area contributed by atoms with Gasteiger partial charge in [-0.1, -0.05) is 42.1 Å². The second kappa shape index (κ2) is 7.73. The van der Waals surface area contributed by atoms with Gasteiger partial charge in [-0.3, -0.25) is 10.1 Å². The third-order valence-electron chi connectivity index (χ3n) is 3.02. The van der Waals surface area contributed by atoms with Crippen molar-refractivity contribution in [3.63, 3.8) is 0 Å². The van der Waals surface area contributed by atoms with E-state index in [9.17, 15) is 9.59 Å². The minimum absolute atomic E-state index is 0.388. The molecule has 0 aliphatic heterocycles. The number of benzene rings is 1. The Labute approximate surface area is 139 Å². The molecule has 2 N–H and O–H groups in total. The summed E-state index contributed by atoms with van der Waals surface area (Å²) in [5.41, 5.74) is 2.61. The quantitative estimate of drug-likeness (QED) is 0.664. The predicted octanol–water partition coefficient (Wildman–Crippen LogP) is 2.39. The Morgan fingerprint density at radius 2 is 1.87 bits per heavy atom. The third-order valence-corrected chi connectivity index (χ3v) is 3.98. The second-order valence-corrected chi connectivity index (χ2v) is 6.18. The van der Waals surface area contributed by atoms with Gasteiger partial charge in [0.2, 0.25) is 5.91 Å². The fraction of sp³-hybridized carbons (Fsp3) is 0.250. The molecule has 120 valence electrons. The molecule has 0 spiro atoms. The van der Waals surface area contributed by atoms with Crippen molar-refractivity contribution in [1.82, 2.24) is 20.6 Å². The summed E-state index contributed by atoms with van der Waals surface area (Å²) in [6, 6.07) is 11.1. The van der Waals surface area contributed by atoms with Crippen LogP contribution in [0.5, 0.6) is 0 Å². The number of hydrogen-bond acceptors (Lipinski definition) is 5. The molecule has 0 saturated carbocycles. The first-order chi connectivity index (χ1) is 11.0. The molecule has 6 nitrogen and oxygen atoms in total. The zero-order valence-electron chi connectivity index (χ0n) is 13.2. The lowest BCUT2D eigenvalue weighted by molar-refractivity contribution is -0.119. The number of carbonyl (C=O) groups is 2. The normalized spacial score (nSPS) is 11.6. The molecule has 1 aromatic carbocycles. The van der Waals surface area contributed by atoms with Crippen LogP contribution >= 0.6 is 11.8 Å². The van der Waals surface area contributed by atoms with Crippen molar-refractivity contribution in [2.24, 2.45) is 0 Å². The molecule has 1 heterocycles. The number of urea groups is 1. The van der Waals surface area contributed by atoms with Crippen LogP contribution in [0.4, 0.5) is 4.79 Å². The first kappa shape index (κ1) is 17.0. The lowest BCUT2D eigenvalue weighted by Gasteiger charge is -2.11. The van der Waals surface area contributed by atoms with Gasteiger partial charge in [0, 0.05) is 18.3 Å². The SMILES string of the molecule is CNC(=O)NC(=O)[C@H](C)Sc1nc(C)cc(-c2ccccc2)n1. The maximum absolute atomic E-state index is 11.9. The van der Waals surface area contributed by atoms with Gasteiger partial charge in [0.1, 0.15) is 0 Å². The molecule has 0 saturated heterocycles.